The van der Waals surface area contributed by atoms with Crippen molar-refractivity contribution >= 4 is 0 Å². The maximum Gasteiger partial charge on any atom is 2.00 e. The van der Waals surface area contributed by atoms with Crippen LogP contribution < -0.4 is 0 Å². The van der Waals surface area contributed by atoms with Crippen LogP contribution in [0.25, 0.3) is 11.1 Å². The molecular weight excluding hydrogens is 343 g/mol. The SMILES string of the molecule is CCC[c-]1cccc1.[Zr+2].[c-]1cccc2c1Cc1ccccc1-2. The van der Waals surface area contributed by atoms with Gasteiger partial charge in [0.05, 0.1) is 0 Å². The van der Waals surface area contributed by atoms with Crippen molar-refractivity contribution in [1.29, 1.82) is 0 Å². The average molecular weight is 364 g/mol. The van der Waals surface area contributed by atoms with Crippen molar-refractivity contribution in [2.45, 2.75) is 26.2 Å². The molecule has 0 bridgehead atoms. The molecule has 1 heteroatoms. The molecule has 108 valence electrons. The van der Waals surface area contributed by atoms with E-state index >= 15 is 0 Å². The van der Waals surface area contributed by atoms with Crippen molar-refractivity contribution in [3.05, 3.63) is 89.5 Å². The first-order chi connectivity index (χ1) is 10.4. The molecular formula is C21H20Zr. The zero-order valence-electron chi connectivity index (χ0n) is 13.0. The van der Waals surface area contributed by atoms with E-state index in [-0.39, 0.29) is 26.2 Å². The molecule has 0 saturated heterocycles. The first-order valence-corrected chi connectivity index (χ1v) is 7.67. The fourth-order valence-electron chi connectivity index (χ4n) is 2.87. The van der Waals surface area contributed by atoms with Crippen LogP contribution in [-0.2, 0) is 39.0 Å². The molecule has 3 aromatic carbocycles. The summed E-state index contributed by atoms with van der Waals surface area (Å²) in [5, 5.41) is 0. The number of fused-ring (bicyclic) bond motifs is 3. The van der Waals surface area contributed by atoms with E-state index in [0.29, 0.717) is 0 Å². The van der Waals surface area contributed by atoms with E-state index in [1.807, 2.05) is 6.07 Å². The van der Waals surface area contributed by atoms with Crippen LogP contribution in [0.2, 0.25) is 0 Å². The predicted octanol–water partition coefficient (Wildman–Crippen LogP) is 5.41. The number of rotatable bonds is 2. The van der Waals surface area contributed by atoms with Crippen LogP contribution in [0.5, 0.6) is 0 Å². The van der Waals surface area contributed by atoms with Crippen molar-refractivity contribution in [2.75, 3.05) is 0 Å². The molecule has 0 unspecified atom stereocenters. The summed E-state index contributed by atoms with van der Waals surface area (Å²) in [5.41, 5.74) is 6.98. The van der Waals surface area contributed by atoms with E-state index in [4.69, 9.17) is 0 Å². The van der Waals surface area contributed by atoms with Gasteiger partial charge in [-0.2, -0.15) is 47.5 Å². The van der Waals surface area contributed by atoms with Gasteiger partial charge in [0.1, 0.15) is 0 Å². The Hall–Kier alpha value is -1.33. The minimum Gasteiger partial charge on any atom is -0.213 e. The van der Waals surface area contributed by atoms with Gasteiger partial charge < -0.3 is 0 Å². The van der Waals surface area contributed by atoms with Crippen LogP contribution in [-0.4, -0.2) is 0 Å². The van der Waals surface area contributed by atoms with E-state index in [1.165, 1.54) is 40.7 Å². The molecule has 0 atom stereocenters. The third kappa shape index (κ3) is 3.90. The molecule has 0 nitrogen and oxygen atoms in total. The number of benzene rings is 2. The molecule has 0 aliphatic heterocycles. The van der Waals surface area contributed by atoms with Gasteiger partial charge in [0.15, 0.2) is 0 Å². The molecule has 1 aliphatic rings. The molecule has 0 amide bonds. The van der Waals surface area contributed by atoms with Crippen molar-refractivity contribution in [3.8, 4) is 11.1 Å². The van der Waals surface area contributed by atoms with Crippen LogP contribution in [0.4, 0.5) is 0 Å². The summed E-state index contributed by atoms with van der Waals surface area (Å²) in [5.74, 6) is 0. The summed E-state index contributed by atoms with van der Waals surface area (Å²) >= 11 is 0. The first kappa shape index (κ1) is 17.0. The molecule has 0 N–H and O–H groups in total. The van der Waals surface area contributed by atoms with E-state index in [0.717, 1.165) is 6.42 Å². The Morgan fingerprint density at radius 3 is 2.45 bits per heavy atom. The van der Waals surface area contributed by atoms with Crippen LogP contribution >= 0.6 is 0 Å². The number of hydrogen-bond acceptors (Lipinski definition) is 0. The third-order valence-corrected chi connectivity index (χ3v) is 3.89. The molecule has 3 aromatic rings. The Morgan fingerprint density at radius 2 is 1.68 bits per heavy atom. The van der Waals surface area contributed by atoms with Gasteiger partial charge in [0, 0.05) is 0 Å². The Labute approximate surface area is 152 Å². The summed E-state index contributed by atoms with van der Waals surface area (Å²) in [4.78, 5) is 0. The summed E-state index contributed by atoms with van der Waals surface area (Å²) in [6.45, 7) is 2.20. The van der Waals surface area contributed by atoms with Crippen LogP contribution in [0.15, 0.2) is 66.7 Å². The molecule has 0 heterocycles. The second-order valence-electron chi connectivity index (χ2n) is 5.44. The summed E-state index contributed by atoms with van der Waals surface area (Å²) < 4.78 is 0. The normalized spacial score (nSPS) is 10.8. The number of hydrogen-bond donors (Lipinski definition) is 0. The minimum absolute atomic E-state index is 0. The van der Waals surface area contributed by atoms with E-state index in [2.05, 4.69) is 73.7 Å². The van der Waals surface area contributed by atoms with Gasteiger partial charge >= 0.3 is 26.2 Å². The average Bonchev–Trinajstić information content (AvgIpc) is 3.15. The molecule has 0 spiro atoms. The van der Waals surface area contributed by atoms with Gasteiger partial charge in [-0.3, -0.25) is 0 Å². The molecule has 0 saturated carbocycles. The number of aryl methyl sites for hydroxylation is 1. The molecule has 0 fully saturated rings. The quantitative estimate of drug-likeness (QED) is 0.418. The van der Waals surface area contributed by atoms with Crippen LogP contribution in [0, 0.1) is 6.07 Å². The molecule has 1 aliphatic carbocycles. The molecule has 22 heavy (non-hydrogen) atoms. The van der Waals surface area contributed by atoms with Crippen molar-refractivity contribution in [3.63, 3.8) is 0 Å². The standard InChI is InChI=1S/C13H9.C8H11.Zr/c1-3-7-12-10(5-1)9-11-6-2-4-8-13(11)12;1-2-5-8-6-3-4-7-8;/h1-5,7-8H,9H2;3-4,6-7H,2,5H2,1H3;/q2*-1;+2. The van der Waals surface area contributed by atoms with E-state index in [9.17, 15) is 0 Å². The van der Waals surface area contributed by atoms with Gasteiger partial charge in [-0.05, 0) is 6.42 Å². The zero-order valence-corrected chi connectivity index (χ0v) is 15.4. The second-order valence-corrected chi connectivity index (χ2v) is 5.44. The first-order valence-electron chi connectivity index (χ1n) is 7.67. The monoisotopic (exact) mass is 362 g/mol. The van der Waals surface area contributed by atoms with Gasteiger partial charge in [0.25, 0.3) is 0 Å². The Morgan fingerprint density at radius 1 is 0.955 bits per heavy atom. The fraction of sp³-hybridized carbons (Fsp3) is 0.190. The predicted molar refractivity (Wildman–Crippen MR) is 89.6 cm³/mol. The minimum atomic E-state index is 0. The Bertz CT molecular complexity index is 652. The van der Waals surface area contributed by atoms with E-state index < -0.39 is 0 Å². The van der Waals surface area contributed by atoms with Crippen molar-refractivity contribution in [2.24, 2.45) is 0 Å². The summed E-state index contributed by atoms with van der Waals surface area (Å²) in [7, 11) is 0. The largest absolute Gasteiger partial charge is 2.00 e. The van der Waals surface area contributed by atoms with Crippen molar-refractivity contribution < 1.29 is 26.2 Å². The fourth-order valence-corrected chi connectivity index (χ4v) is 2.87. The smallest absolute Gasteiger partial charge is 0.213 e. The Balaban J connectivity index is 0.000000172. The van der Waals surface area contributed by atoms with Gasteiger partial charge in [-0.25, -0.2) is 12.1 Å². The van der Waals surface area contributed by atoms with E-state index in [1.54, 1.807) is 0 Å². The third-order valence-electron chi connectivity index (χ3n) is 3.89. The van der Waals surface area contributed by atoms with Crippen LogP contribution in [0.1, 0.15) is 30.0 Å². The maximum atomic E-state index is 3.30. The topological polar surface area (TPSA) is 0 Å². The molecule has 4 rings (SSSR count). The summed E-state index contributed by atoms with van der Waals surface area (Å²) in [6.07, 6.45) is 3.53. The van der Waals surface area contributed by atoms with Gasteiger partial charge in [-0.1, -0.05) is 55.2 Å². The second kappa shape index (κ2) is 8.34. The molecule has 0 radical (unpaired) electrons. The Kier molecular flexibility index (Phi) is 6.46. The molecule has 0 aromatic heterocycles. The summed E-state index contributed by atoms with van der Waals surface area (Å²) in [6, 6.07) is 26.6. The van der Waals surface area contributed by atoms with Crippen molar-refractivity contribution in [1.82, 2.24) is 0 Å². The maximum absolute atomic E-state index is 3.30. The van der Waals surface area contributed by atoms with Crippen LogP contribution in [0.3, 0.4) is 0 Å². The van der Waals surface area contributed by atoms with Gasteiger partial charge in [-0.15, -0.1) is 5.56 Å². The zero-order chi connectivity index (χ0) is 14.5. The van der Waals surface area contributed by atoms with Gasteiger partial charge in [0.2, 0.25) is 0 Å².